The van der Waals surface area contributed by atoms with Crippen molar-refractivity contribution in [1.29, 1.82) is 0 Å². The highest BCUT2D eigenvalue weighted by atomic mass is 32.2. The normalized spacial score (nSPS) is 11.8. The van der Waals surface area contributed by atoms with Crippen molar-refractivity contribution in [3.05, 3.63) is 70.1 Å². The molecule has 0 atom stereocenters. The first-order chi connectivity index (χ1) is 11.4. The van der Waals surface area contributed by atoms with Gasteiger partial charge in [0.25, 0.3) is 0 Å². The van der Waals surface area contributed by atoms with Crippen LogP contribution < -0.4 is 4.72 Å². The van der Waals surface area contributed by atoms with E-state index < -0.39 is 27.4 Å². The number of furan rings is 1. The van der Waals surface area contributed by atoms with E-state index in [1.807, 2.05) is 17.5 Å². The van der Waals surface area contributed by atoms with Crippen LogP contribution in [0.2, 0.25) is 0 Å². The van der Waals surface area contributed by atoms with Crippen LogP contribution in [0.3, 0.4) is 0 Å². The fraction of sp³-hybridized carbons (Fsp3) is 0.125. The lowest BCUT2D eigenvalue weighted by Crippen LogP contribution is -2.24. The average molecular weight is 369 g/mol. The predicted molar refractivity (Wildman–Crippen MR) is 87.8 cm³/mol. The van der Waals surface area contributed by atoms with Crippen molar-refractivity contribution >= 4 is 21.4 Å². The lowest BCUT2D eigenvalue weighted by Gasteiger charge is -2.07. The summed E-state index contributed by atoms with van der Waals surface area (Å²) in [5.41, 5.74) is 0.653. The van der Waals surface area contributed by atoms with E-state index in [4.69, 9.17) is 4.42 Å². The van der Waals surface area contributed by atoms with Gasteiger partial charge in [-0.15, -0.1) is 11.3 Å². The molecular weight excluding hydrogens is 356 g/mol. The van der Waals surface area contributed by atoms with Gasteiger partial charge in [0.15, 0.2) is 0 Å². The van der Waals surface area contributed by atoms with Gasteiger partial charge in [-0.2, -0.15) is 0 Å². The SMILES string of the molecule is O=S(=O)(Cc1cc(F)ccc1F)NCc1cc(-c2ccco2)cs1. The molecule has 0 unspecified atom stereocenters. The average Bonchev–Trinajstić information content (AvgIpc) is 3.19. The lowest BCUT2D eigenvalue weighted by atomic mass is 10.2. The molecule has 126 valence electrons. The van der Waals surface area contributed by atoms with Gasteiger partial charge in [-0.3, -0.25) is 0 Å². The topological polar surface area (TPSA) is 59.3 Å². The molecule has 0 amide bonds. The second-order valence-corrected chi connectivity index (χ2v) is 7.90. The lowest BCUT2D eigenvalue weighted by molar-refractivity contribution is 0.570. The molecular formula is C16H13F2NO3S2. The van der Waals surface area contributed by atoms with Gasteiger partial charge in [0.1, 0.15) is 17.4 Å². The van der Waals surface area contributed by atoms with Gasteiger partial charge in [0.2, 0.25) is 10.0 Å². The third-order valence-electron chi connectivity index (χ3n) is 3.28. The molecule has 8 heteroatoms. The van der Waals surface area contributed by atoms with E-state index in [-0.39, 0.29) is 12.1 Å². The van der Waals surface area contributed by atoms with Crippen molar-refractivity contribution in [2.24, 2.45) is 0 Å². The van der Waals surface area contributed by atoms with E-state index in [0.717, 1.165) is 28.6 Å². The Bertz CT molecular complexity index is 934. The zero-order valence-electron chi connectivity index (χ0n) is 12.3. The maximum Gasteiger partial charge on any atom is 0.216 e. The Labute approximate surface area is 141 Å². The van der Waals surface area contributed by atoms with Gasteiger partial charge in [0, 0.05) is 27.9 Å². The second-order valence-electron chi connectivity index (χ2n) is 5.09. The Morgan fingerprint density at radius 2 is 2.00 bits per heavy atom. The Hall–Kier alpha value is -2.03. The maximum absolute atomic E-state index is 13.6. The van der Waals surface area contributed by atoms with Crippen molar-refractivity contribution in [2.45, 2.75) is 12.3 Å². The molecule has 0 saturated heterocycles. The van der Waals surface area contributed by atoms with Gasteiger partial charge in [-0.1, -0.05) is 0 Å². The third kappa shape index (κ3) is 4.08. The smallest absolute Gasteiger partial charge is 0.216 e. The zero-order chi connectivity index (χ0) is 17.2. The van der Waals surface area contributed by atoms with Gasteiger partial charge in [-0.05, 0) is 36.4 Å². The van der Waals surface area contributed by atoms with Crippen LogP contribution in [0.25, 0.3) is 11.3 Å². The summed E-state index contributed by atoms with van der Waals surface area (Å²) in [5.74, 6) is -1.35. The summed E-state index contributed by atoms with van der Waals surface area (Å²) in [6, 6.07) is 8.13. The van der Waals surface area contributed by atoms with E-state index >= 15 is 0 Å². The molecule has 4 nitrogen and oxygen atoms in total. The van der Waals surface area contributed by atoms with E-state index in [1.165, 1.54) is 11.3 Å². The molecule has 24 heavy (non-hydrogen) atoms. The Kier molecular flexibility index (Phi) is 4.79. The molecule has 1 aromatic carbocycles. The quantitative estimate of drug-likeness (QED) is 0.717. The van der Waals surface area contributed by atoms with Crippen molar-refractivity contribution in [3.63, 3.8) is 0 Å². The van der Waals surface area contributed by atoms with Gasteiger partial charge in [-0.25, -0.2) is 21.9 Å². The minimum absolute atomic E-state index is 0.0741. The summed E-state index contributed by atoms with van der Waals surface area (Å²) in [6.45, 7) is 0.0741. The molecule has 3 aromatic rings. The Morgan fingerprint density at radius 1 is 1.17 bits per heavy atom. The number of rotatable bonds is 6. The fourth-order valence-electron chi connectivity index (χ4n) is 2.14. The number of hydrogen-bond acceptors (Lipinski definition) is 4. The van der Waals surface area contributed by atoms with Crippen LogP contribution in [0.5, 0.6) is 0 Å². The van der Waals surface area contributed by atoms with Crippen molar-refractivity contribution in [3.8, 4) is 11.3 Å². The number of hydrogen-bond donors (Lipinski definition) is 1. The number of benzene rings is 1. The largest absolute Gasteiger partial charge is 0.464 e. The number of nitrogens with one attached hydrogen (secondary N) is 1. The monoisotopic (exact) mass is 369 g/mol. The van der Waals surface area contributed by atoms with Gasteiger partial charge in [0.05, 0.1) is 12.0 Å². The predicted octanol–water partition coefficient (Wildman–Crippen LogP) is 3.91. The molecule has 0 radical (unpaired) electrons. The third-order valence-corrected chi connectivity index (χ3v) is 5.49. The van der Waals surface area contributed by atoms with Crippen LogP contribution in [0.4, 0.5) is 8.78 Å². The first kappa shape index (κ1) is 16.8. The highest BCUT2D eigenvalue weighted by molar-refractivity contribution is 7.88. The summed E-state index contributed by atoms with van der Waals surface area (Å²) < 4.78 is 58.5. The summed E-state index contributed by atoms with van der Waals surface area (Å²) in [7, 11) is -3.79. The number of thiophene rings is 1. The minimum atomic E-state index is -3.79. The van der Waals surface area contributed by atoms with Crippen LogP contribution >= 0.6 is 11.3 Å². The second kappa shape index (κ2) is 6.84. The van der Waals surface area contributed by atoms with Crippen LogP contribution in [-0.2, 0) is 22.3 Å². The van der Waals surface area contributed by atoms with E-state index in [2.05, 4.69) is 4.72 Å². The van der Waals surface area contributed by atoms with Crippen molar-refractivity contribution in [2.75, 3.05) is 0 Å². The first-order valence-corrected chi connectivity index (χ1v) is 9.49. The summed E-state index contributed by atoms with van der Waals surface area (Å²) >= 11 is 1.38. The standard InChI is InChI=1S/C16H13F2NO3S2/c17-13-3-4-15(18)12(6-13)10-24(20,21)19-8-14-7-11(9-23-14)16-2-1-5-22-16/h1-7,9,19H,8,10H2. The van der Waals surface area contributed by atoms with Crippen molar-refractivity contribution in [1.82, 2.24) is 4.72 Å². The highest BCUT2D eigenvalue weighted by Crippen LogP contribution is 2.26. The van der Waals surface area contributed by atoms with Crippen LogP contribution in [0.1, 0.15) is 10.4 Å². The molecule has 0 bridgehead atoms. The summed E-state index contributed by atoms with van der Waals surface area (Å²) in [6.07, 6.45) is 1.56. The van der Waals surface area contributed by atoms with Gasteiger partial charge >= 0.3 is 0 Å². The molecule has 2 aromatic heterocycles. The summed E-state index contributed by atoms with van der Waals surface area (Å²) in [4.78, 5) is 0.782. The van der Waals surface area contributed by atoms with Crippen LogP contribution in [0, 0.1) is 11.6 Å². The molecule has 1 N–H and O–H groups in total. The maximum atomic E-state index is 13.6. The molecule has 3 rings (SSSR count). The van der Waals surface area contributed by atoms with Gasteiger partial charge < -0.3 is 4.42 Å². The number of sulfonamides is 1. The van der Waals surface area contributed by atoms with Crippen molar-refractivity contribution < 1.29 is 21.6 Å². The summed E-state index contributed by atoms with van der Waals surface area (Å²) in [5, 5.41) is 1.86. The number of halogens is 2. The van der Waals surface area contributed by atoms with Crippen LogP contribution in [0.15, 0.2) is 52.5 Å². The molecule has 2 heterocycles. The first-order valence-electron chi connectivity index (χ1n) is 6.95. The Morgan fingerprint density at radius 3 is 2.75 bits per heavy atom. The molecule has 0 spiro atoms. The Balaban J connectivity index is 1.66. The molecule has 0 aliphatic carbocycles. The fourth-order valence-corrected chi connectivity index (χ4v) is 4.15. The van der Waals surface area contributed by atoms with E-state index in [1.54, 1.807) is 12.3 Å². The molecule has 0 aliphatic rings. The van der Waals surface area contributed by atoms with E-state index in [0.29, 0.717) is 5.76 Å². The minimum Gasteiger partial charge on any atom is -0.464 e. The van der Waals surface area contributed by atoms with Crippen LogP contribution in [-0.4, -0.2) is 8.42 Å². The highest BCUT2D eigenvalue weighted by Gasteiger charge is 2.16. The molecule has 0 saturated carbocycles. The van der Waals surface area contributed by atoms with E-state index in [9.17, 15) is 17.2 Å². The zero-order valence-corrected chi connectivity index (χ0v) is 14.0. The molecule has 0 aliphatic heterocycles. The molecule has 0 fully saturated rings.